The van der Waals surface area contributed by atoms with Gasteiger partial charge < -0.3 is 5.73 Å². The lowest BCUT2D eigenvalue weighted by atomic mass is 10.0. The summed E-state index contributed by atoms with van der Waals surface area (Å²) in [4.78, 5) is 11.7. The molecule has 1 atom stereocenters. The molecule has 0 aliphatic heterocycles. The van der Waals surface area contributed by atoms with Crippen molar-refractivity contribution in [2.45, 2.75) is 17.4 Å². The average Bonchev–Trinajstić information content (AvgIpc) is 2.55. The van der Waals surface area contributed by atoms with Gasteiger partial charge in [0.1, 0.15) is 6.04 Å². The zero-order valence-electron chi connectivity index (χ0n) is 12.1. The van der Waals surface area contributed by atoms with Gasteiger partial charge in [0, 0.05) is 0 Å². The predicted molar refractivity (Wildman–Crippen MR) is 84.6 cm³/mol. The van der Waals surface area contributed by atoms with Gasteiger partial charge in [0.2, 0.25) is 15.9 Å². The number of hydrogen-bond acceptors (Lipinski definition) is 4. The lowest BCUT2D eigenvalue weighted by molar-refractivity contribution is -0.119. The molecule has 0 saturated heterocycles. The van der Waals surface area contributed by atoms with Gasteiger partial charge in [0.05, 0.1) is 16.5 Å². The number of nitriles is 1. The fourth-order valence-corrected chi connectivity index (χ4v) is 3.28. The topological polar surface area (TPSA) is 113 Å². The number of amides is 1. The predicted octanol–water partition coefficient (Wildman–Crippen LogP) is 0.933. The van der Waals surface area contributed by atoms with Gasteiger partial charge in [0.25, 0.3) is 0 Å². The van der Waals surface area contributed by atoms with E-state index < -0.39 is 22.0 Å². The third-order valence-corrected chi connectivity index (χ3v) is 4.68. The molecule has 0 unspecified atom stereocenters. The van der Waals surface area contributed by atoms with Gasteiger partial charge in [-0.25, -0.2) is 8.42 Å². The summed E-state index contributed by atoms with van der Waals surface area (Å²) in [6.45, 7) is 0. The van der Waals surface area contributed by atoms with Gasteiger partial charge in [-0.3, -0.25) is 4.79 Å². The first-order valence-electron chi connectivity index (χ1n) is 6.78. The van der Waals surface area contributed by atoms with E-state index in [4.69, 9.17) is 11.0 Å². The highest BCUT2D eigenvalue weighted by Gasteiger charge is 2.24. The molecular weight excluding hydrogens is 314 g/mol. The maximum Gasteiger partial charge on any atom is 0.241 e. The van der Waals surface area contributed by atoms with Crippen LogP contribution in [0.3, 0.4) is 0 Å². The number of primary amides is 1. The van der Waals surface area contributed by atoms with Crippen molar-refractivity contribution < 1.29 is 13.2 Å². The second kappa shape index (κ2) is 7.05. The van der Waals surface area contributed by atoms with Crippen molar-refractivity contribution in [3.05, 3.63) is 65.7 Å². The first-order chi connectivity index (χ1) is 10.9. The highest BCUT2D eigenvalue weighted by Crippen LogP contribution is 2.11. The molecule has 23 heavy (non-hydrogen) atoms. The van der Waals surface area contributed by atoms with Crippen molar-refractivity contribution in [2.24, 2.45) is 5.73 Å². The molecule has 0 radical (unpaired) electrons. The minimum Gasteiger partial charge on any atom is -0.368 e. The van der Waals surface area contributed by atoms with Gasteiger partial charge in [-0.1, -0.05) is 30.3 Å². The number of benzene rings is 2. The molecular formula is C16H15N3O3S. The molecule has 2 aromatic rings. The number of nitrogens with zero attached hydrogens (tertiary/aromatic N) is 1. The fraction of sp³-hybridized carbons (Fsp3) is 0.125. The molecule has 0 aromatic heterocycles. The molecule has 1 amide bonds. The monoisotopic (exact) mass is 329 g/mol. The van der Waals surface area contributed by atoms with Crippen LogP contribution in [-0.4, -0.2) is 20.4 Å². The van der Waals surface area contributed by atoms with Gasteiger partial charge in [0.15, 0.2) is 0 Å². The van der Waals surface area contributed by atoms with E-state index in [0.29, 0.717) is 11.1 Å². The molecule has 3 N–H and O–H groups in total. The summed E-state index contributed by atoms with van der Waals surface area (Å²) in [5, 5.41) is 8.89. The molecule has 0 saturated carbocycles. The van der Waals surface area contributed by atoms with Crippen LogP contribution in [0.25, 0.3) is 0 Å². The quantitative estimate of drug-likeness (QED) is 0.820. The molecule has 0 fully saturated rings. The largest absolute Gasteiger partial charge is 0.368 e. The van der Waals surface area contributed by atoms with Crippen LogP contribution in [0.4, 0.5) is 0 Å². The Morgan fingerprint density at radius 1 is 1.17 bits per heavy atom. The number of carbonyl (C=O) groups excluding carboxylic acids is 1. The van der Waals surface area contributed by atoms with E-state index in [9.17, 15) is 13.2 Å². The van der Waals surface area contributed by atoms with Crippen LogP contribution in [-0.2, 0) is 21.2 Å². The first kappa shape index (κ1) is 16.7. The second-order valence-corrected chi connectivity index (χ2v) is 6.62. The Balaban J connectivity index is 2.23. The lowest BCUT2D eigenvalue weighted by Crippen LogP contribution is -2.45. The normalized spacial score (nSPS) is 12.3. The summed E-state index contributed by atoms with van der Waals surface area (Å²) in [5.41, 5.74) is 6.38. The molecule has 118 valence electrons. The molecule has 2 aromatic carbocycles. The zero-order chi connectivity index (χ0) is 16.9. The Morgan fingerprint density at radius 3 is 2.48 bits per heavy atom. The van der Waals surface area contributed by atoms with Crippen molar-refractivity contribution in [3.8, 4) is 6.07 Å². The van der Waals surface area contributed by atoms with E-state index >= 15 is 0 Å². The van der Waals surface area contributed by atoms with Crippen molar-refractivity contribution in [3.63, 3.8) is 0 Å². The molecule has 0 spiro atoms. The minimum absolute atomic E-state index is 0.0528. The summed E-state index contributed by atoms with van der Waals surface area (Å²) in [7, 11) is -3.86. The Hall–Kier alpha value is -2.69. The average molecular weight is 329 g/mol. The van der Waals surface area contributed by atoms with Gasteiger partial charge in [-0.2, -0.15) is 9.98 Å². The van der Waals surface area contributed by atoms with E-state index in [1.165, 1.54) is 12.1 Å². The lowest BCUT2D eigenvalue weighted by Gasteiger charge is -2.16. The van der Waals surface area contributed by atoms with Crippen LogP contribution in [0.15, 0.2) is 59.5 Å². The maximum atomic E-state index is 12.3. The van der Waals surface area contributed by atoms with Crippen LogP contribution >= 0.6 is 0 Å². The summed E-state index contributed by atoms with van der Waals surface area (Å²) in [6, 6.07) is 15.2. The van der Waals surface area contributed by atoms with E-state index in [-0.39, 0.29) is 11.3 Å². The zero-order valence-corrected chi connectivity index (χ0v) is 13.0. The smallest absolute Gasteiger partial charge is 0.241 e. The SMILES string of the molecule is N#Cc1cccc(C[C@H](NS(=O)(=O)c2ccccc2)C(N)=O)c1. The standard InChI is InChI=1S/C16H15N3O3S/c17-11-13-6-4-5-12(9-13)10-15(16(18)20)19-23(21,22)14-7-2-1-3-8-14/h1-9,15,19H,10H2,(H2,18,20)/t15-/m0/s1. The highest BCUT2D eigenvalue weighted by molar-refractivity contribution is 7.89. The molecule has 0 bridgehead atoms. The third kappa shape index (κ3) is 4.39. The van der Waals surface area contributed by atoms with E-state index in [1.807, 2.05) is 6.07 Å². The van der Waals surface area contributed by atoms with Crippen LogP contribution in [0, 0.1) is 11.3 Å². The first-order valence-corrected chi connectivity index (χ1v) is 8.26. The molecule has 7 heteroatoms. The van der Waals surface area contributed by atoms with Crippen molar-refractivity contribution in [1.82, 2.24) is 4.72 Å². The molecule has 0 aliphatic rings. The van der Waals surface area contributed by atoms with Gasteiger partial charge in [-0.15, -0.1) is 0 Å². The number of nitrogens with one attached hydrogen (secondary N) is 1. The van der Waals surface area contributed by atoms with Crippen LogP contribution < -0.4 is 10.5 Å². The van der Waals surface area contributed by atoms with E-state index in [0.717, 1.165) is 0 Å². The summed E-state index contributed by atoms with van der Waals surface area (Å²) >= 11 is 0. The molecule has 2 rings (SSSR count). The second-order valence-electron chi connectivity index (χ2n) is 4.91. The number of rotatable bonds is 6. The Morgan fingerprint density at radius 2 is 1.87 bits per heavy atom. The van der Waals surface area contributed by atoms with Gasteiger partial charge >= 0.3 is 0 Å². The van der Waals surface area contributed by atoms with Crippen LogP contribution in [0.2, 0.25) is 0 Å². The van der Waals surface area contributed by atoms with E-state index in [2.05, 4.69) is 4.72 Å². The van der Waals surface area contributed by atoms with Crippen LogP contribution in [0.1, 0.15) is 11.1 Å². The summed E-state index contributed by atoms with van der Waals surface area (Å²) in [5.74, 6) is -0.785. The number of nitrogens with two attached hydrogens (primary N) is 1. The van der Waals surface area contributed by atoms with Gasteiger partial charge in [-0.05, 0) is 36.2 Å². The molecule has 6 nitrogen and oxygen atoms in total. The Kier molecular flexibility index (Phi) is 5.11. The molecule has 0 heterocycles. The van der Waals surface area contributed by atoms with E-state index in [1.54, 1.807) is 42.5 Å². The van der Waals surface area contributed by atoms with Crippen LogP contribution in [0.5, 0.6) is 0 Å². The highest BCUT2D eigenvalue weighted by atomic mass is 32.2. The summed E-state index contributed by atoms with van der Waals surface area (Å²) < 4.78 is 26.9. The molecule has 0 aliphatic carbocycles. The fourth-order valence-electron chi connectivity index (χ4n) is 2.06. The van der Waals surface area contributed by atoms with Crippen molar-refractivity contribution in [2.75, 3.05) is 0 Å². The Labute approximate surface area is 134 Å². The minimum atomic E-state index is -3.86. The van der Waals surface area contributed by atoms with Crippen molar-refractivity contribution in [1.29, 1.82) is 5.26 Å². The Bertz CT molecular complexity index is 842. The number of hydrogen-bond donors (Lipinski definition) is 2. The number of sulfonamides is 1. The number of carbonyl (C=O) groups is 1. The third-order valence-electron chi connectivity index (χ3n) is 3.19. The van der Waals surface area contributed by atoms with Crippen molar-refractivity contribution >= 4 is 15.9 Å². The summed E-state index contributed by atoms with van der Waals surface area (Å²) in [6.07, 6.45) is 0.0664. The maximum absolute atomic E-state index is 12.3.